The molecular formula is C16H19N3O3. The number of phenols is 1. The monoisotopic (exact) mass is 301 g/mol. The maximum absolute atomic E-state index is 12.0. The topological polar surface area (TPSA) is 76.4 Å². The third-order valence-corrected chi connectivity index (χ3v) is 3.95. The van der Waals surface area contributed by atoms with E-state index in [0.29, 0.717) is 18.8 Å². The summed E-state index contributed by atoms with van der Waals surface area (Å²) in [6, 6.07) is 5.24. The number of nitrogens with one attached hydrogen (secondary N) is 1. The Labute approximate surface area is 128 Å². The summed E-state index contributed by atoms with van der Waals surface area (Å²) in [5.74, 6) is 1.16. The minimum Gasteiger partial charge on any atom is -0.504 e. The Morgan fingerprint density at radius 1 is 1.50 bits per heavy atom. The van der Waals surface area contributed by atoms with Crippen LogP contribution in [0, 0.1) is 6.92 Å². The fraction of sp³-hybridized carbons (Fsp3) is 0.375. The van der Waals surface area contributed by atoms with E-state index in [4.69, 9.17) is 4.74 Å². The number of aromatic hydroxyl groups is 1. The lowest BCUT2D eigenvalue weighted by molar-refractivity contribution is -0.116. The highest BCUT2D eigenvalue weighted by Gasteiger charge is 2.31. The summed E-state index contributed by atoms with van der Waals surface area (Å²) in [5.41, 5.74) is 2.86. The van der Waals surface area contributed by atoms with Crippen LogP contribution in [0.3, 0.4) is 0 Å². The molecule has 1 atom stereocenters. The average molecular weight is 301 g/mol. The number of carbonyl (C=O) groups excluding carboxylic acids is 1. The highest BCUT2D eigenvalue weighted by atomic mass is 16.5. The first kappa shape index (κ1) is 14.4. The van der Waals surface area contributed by atoms with Crippen molar-refractivity contribution in [3.05, 3.63) is 35.0 Å². The summed E-state index contributed by atoms with van der Waals surface area (Å²) in [6.45, 7) is 4.27. The smallest absolute Gasteiger partial charge is 0.226 e. The molecule has 1 aliphatic heterocycles. The number of hydrogen-bond acceptors (Lipinski definition) is 4. The minimum absolute atomic E-state index is 0.0356. The number of fused-ring (bicyclic) bond motifs is 1. The first-order valence-electron chi connectivity index (χ1n) is 7.30. The van der Waals surface area contributed by atoms with Crippen LogP contribution in [0.15, 0.2) is 18.2 Å². The van der Waals surface area contributed by atoms with Crippen molar-refractivity contribution in [2.24, 2.45) is 7.05 Å². The van der Waals surface area contributed by atoms with E-state index in [1.165, 1.54) is 0 Å². The molecular weight excluding hydrogens is 282 g/mol. The molecule has 0 bridgehead atoms. The molecule has 22 heavy (non-hydrogen) atoms. The van der Waals surface area contributed by atoms with Crippen molar-refractivity contribution in [1.82, 2.24) is 9.78 Å². The summed E-state index contributed by atoms with van der Waals surface area (Å²) in [6.07, 6.45) is 0.357. The van der Waals surface area contributed by atoms with E-state index >= 15 is 0 Å². The van der Waals surface area contributed by atoms with Crippen molar-refractivity contribution in [2.75, 3.05) is 11.9 Å². The second kappa shape index (κ2) is 5.36. The van der Waals surface area contributed by atoms with Gasteiger partial charge in [-0.05, 0) is 31.5 Å². The number of rotatable bonds is 3. The molecule has 2 aromatic rings. The summed E-state index contributed by atoms with van der Waals surface area (Å²) < 4.78 is 7.14. The lowest BCUT2D eigenvalue weighted by Crippen LogP contribution is -2.24. The van der Waals surface area contributed by atoms with E-state index in [9.17, 15) is 9.90 Å². The molecule has 0 radical (unpaired) electrons. The molecule has 1 aromatic carbocycles. The molecule has 0 spiro atoms. The van der Waals surface area contributed by atoms with Crippen LogP contribution >= 0.6 is 0 Å². The molecule has 0 fully saturated rings. The fourth-order valence-electron chi connectivity index (χ4n) is 3.01. The van der Waals surface area contributed by atoms with Crippen LogP contribution in [0.1, 0.15) is 36.1 Å². The van der Waals surface area contributed by atoms with Crippen molar-refractivity contribution >= 4 is 11.7 Å². The van der Waals surface area contributed by atoms with E-state index in [1.54, 1.807) is 16.8 Å². The number of nitrogens with zero attached hydrogens (tertiary/aromatic N) is 2. The Morgan fingerprint density at radius 2 is 2.27 bits per heavy atom. The predicted molar refractivity (Wildman–Crippen MR) is 82.3 cm³/mol. The predicted octanol–water partition coefficient (Wildman–Crippen LogP) is 2.31. The van der Waals surface area contributed by atoms with Crippen LogP contribution in [-0.4, -0.2) is 27.4 Å². The van der Waals surface area contributed by atoms with E-state index < -0.39 is 0 Å². The molecule has 0 saturated heterocycles. The SMILES string of the molecule is CCOc1cc([C@H]2CC(=O)Nc3c2c(C)nn3C)ccc1O. The molecule has 6 nitrogen and oxygen atoms in total. The Hall–Kier alpha value is -2.50. The van der Waals surface area contributed by atoms with Gasteiger partial charge in [0.2, 0.25) is 5.91 Å². The van der Waals surface area contributed by atoms with Crippen molar-refractivity contribution in [2.45, 2.75) is 26.2 Å². The Kier molecular flexibility index (Phi) is 3.52. The van der Waals surface area contributed by atoms with Crippen molar-refractivity contribution in [3.8, 4) is 11.5 Å². The largest absolute Gasteiger partial charge is 0.504 e. The third-order valence-electron chi connectivity index (χ3n) is 3.95. The highest BCUT2D eigenvalue weighted by molar-refractivity contribution is 5.94. The molecule has 1 amide bonds. The number of anilines is 1. The highest BCUT2D eigenvalue weighted by Crippen LogP contribution is 2.41. The van der Waals surface area contributed by atoms with Gasteiger partial charge in [-0.25, -0.2) is 0 Å². The molecule has 2 heterocycles. The molecule has 116 valence electrons. The summed E-state index contributed by atoms with van der Waals surface area (Å²) in [7, 11) is 1.82. The second-order valence-corrected chi connectivity index (χ2v) is 5.44. The summed E-state index contributed by atoms with van der Waals surface area (Å²) >= 11 is 0. The third kappa shape index (κ3) is 2.30. The Bertz CT molecular complexity index is 736. The first-order chi connectivity index (χ1) is 10.5. The number of benzene rings is 1. The number of aryl methyl sites for hydroxylation is 2. The molecule has 0 saturated carbocycles. The van der Waals surface area contributed by atoms with Gasteiger partial charge in [-0.2, -0.15) is 5.10 Å². The fourth-order valence-corrected chi connectivity index (χ4v) is 3.01. The molecule has 0 aliphatic carbocycles. The van der Waals surface area contributed by atoms with Crippen molar-refractivity contribution in [3.63, 3.8) is 0 Å². The van der Waals surface area contributed by atoms with E-state index in [0.717, 1.165) is 22.6 Å². The zero-order valence-electron chi connectivity index (χ0n) is 12.9. The van der Waals surface area contributed by atoms with Crippen LogP contribution in [0.4, 0.5) is 5.82 Å². The van der Waals surface area contributed by atoms with Gasteiger partial charge in [-0.1, -0.05) is 6.07 Å². The van der Waals surface area contributed by atoms with Gasteiger partial charge < -0.3 is 15.2 Å². The molecule has 2 N–H and O–H groups in total. The van der Waals surface area contributed by atoms with E-state index in [-0.39, 0.29) is 17.6 Å². The molecule has 3 rings (SSSR count). The van der Waals surface area contributed by atoms with Crippen molar-refractivity contribution < 1.29 is 14.6 Å². The summed E-state index contributed by atoms with van der Waals surface area (Å²) in [5, 5.41) is 17.1. The minimum atomic E-state index is -0.0859. The van der Waals surface area contributed by atoms with Crippen LogP contribution < -0.4 is 10.1 Å². The van der Waals surface area contributed by atoms with E-state index in [2.05, 4.69) is 10.4 Å². The van der Waals surface area contributed by atoms with Gasteiger partial charge in [-0.3, -0.25) is 9.48 Å². The van der Waals surface area contributed by atoms with Crippen LogP contribution in [0.5, 0.6) is 11.5 Å². The number of hydrogen-bond donors (Lipinski definition) is 2. The van der Waals surface area contributed by atoms with Gasteiger partial charge >= 0.3 is 0 Å². The van der Waals surface area contributed by atoms with Crippen LogP contribution in [0.2, 0.25) is 0 Å². The summed E-state index contributed by atoms with van der Waals surface area (Å²) in [4.78, 5) is 12.0. The van der Waals surface area contributed by atoms with Gasteiger partial charge in [0, 0.05) is 24.9 Å². The van der Waals surface area contributed by atoms with Gasteiger partial charge in [0.15, 0.2) is 11.5 Å². The Balaban J connectivity index is 2.09. The zero-order chi connectivity index (χ0) is 15.9. The molecule has 1 aliphatic rings. The Morgan fingerprint density at radius 3 is 3.00 bits per heavy atom. The van der Waals surface area contributed by atoms with Gasteiger partial charge in [0.05, 0.1) is 12.3 Å². The maximum Gasteiger partial charge on any atom is 0.226 e. The standard InChI is InChI=1S/C16H19N3O3/c1-4-22-13-7-10(5-6-12(13)20)11-8-14(21)17-16-15(11)9(2)18-19(16)3/h5-7,11,20H,4,8H2,1-3H3,(H,17,21)/t11-/m1/s1. The number of aromatic nitrogens is 2. The van der Waals surface area contributed by atoms with Gasteiger partial charge in [0.1, 0.15) is 5.82 Å². The molecule has 1 aromatic heterocycles. The lowest BCUT2D eigenvalue weighted by atomic mass is 9.85. The average Bonchev–Trinajstić information content (AvgIpc) is 2.76. The van der Waals surface area contributed by atoms with Crippen LogP contribution in [-0.2, 0) is 11.8 Å². The number of ether oxygens (including phenoxy) is 1. The number of phenolic OH excluding ortho intramolecular Hbond substituents is 1. The van der Waals surface area contributed by atoms with Gasteiger partial charge in [-0.15, -0.1) is 0 Å². The molecule has 0 unspecified atom stereocenters. The zero-order valence-corrected chi connectivity index (χ0v) is 12.9. The van der Waals surface area contributed by atoms with Crippen molar-refractivity contribution in [1.29, 1.82) is 0 Å². The van der Waals surface area contributed by atoms with Crippen LogP contribution in [0.25, 0.3) is 0 Å². The normalized spacial score (nSPS) is 17.0. The molecule has 6 heteroatoms. The number of amides is 1. The number of carbonyl (C=O) groups is 1. The lowest BCUT2D eigenvalue weighted by Gasteiger charge is -2.24. The first-order valence-corrected chi connectivity index (χ1v) is 7.30. The van der Waals surface area contributed by atoms with Gasteiger partial charge in [0.25, 0.3) is 0 Å². The maximum atomic E-state index is 12.0. The van der Waals surface area contributed by atoms with E-state index in [1.807, 2.05) is 27.0 Å². The quantitative estimate of drug-likeness (QED) is 0.912. The second-order valence-electron chi connectivity index (χ2n) is 5.44.